The van der Waals surface area contributed by atoms with Crippen LogP contribution < -0.4 is 9.80 Å². The molecule has 0 radical (unpaired) electrons. The van der Waals surface area contributed by atoms with Gasteiger partial charge in [0.15, 0.2) is 0 Å². The first kappa shape index (κ1) is 30.9. The molecule has 2 aliphatic carbocycles. The molecule has 0 fully saturated rings. The molecular weight excluding hydrogens is 633 g/mol. The number of nitrogens with zero attached hydrogens (tertiary/aromatic N) is 2. The van der Waals surface area contributed by atoms with Crippen molar-refractivity contribution in [2.45, 2.75) is 64.0 Å². The van der Waals surface area contributed by atoms with Crippen LogP contribution in [0.1, 0.15) is 58.3 Å². The zero-order chi connectivity index (χ0) is 34.4. The van der Waals surface area contributed by atoms with E-state index in [1.54, 1.807) is 22.3 Å². The number of hydrogen-bond acceptors (Lipinski definition) is 2. The minimum Gasteiger partial charge on any atom is -0.336 e. The van der Waals surface area contributed by atoms with Gasteiger partial charge in [-0.15, -0.1) is 0 Å². The molecule has 2 heterocycles. The van der Waals surface area contributed by atoms with Crippen molar-refractivity contribution in [2.75, 3.05) is 9.80 Å². The fourth-order valence-corrected chi connectivity index (χ4v) is 17.0. The highest BCUT2D eigenvalue weighted by Crippen LogP contribution is 2.57. The summed E-state index contributed by atoms with van der Waals surface area (Å²) in [4.78, 5) is 5.24. The third-order valence-corrected chi connectivity index (χ3v) is 18.0. The minimum absolute atomic E-state index is 0.615. The Morgan fingerprint density at radius 2 is 0.804 bits per heavy atom. The van der Waals surface area contributed by atoms with Gasteiger partial charge in [0.25, 0.3) is 0 Å². The number of para-hydroxylation sites is 2. The fourth-order valence-electron chi connectivity index (χ4n) is 11.3. The highest BCUT2D eigenvalue weighted by molar-refractivity contribution is 6.80. The second kappa shape index (κ2) is 11.6. The standard InChI is InChI=1S/C48H46N2Si/c1-31-27-41-39(21-13-25-45(41)49-29-33-15-5-7-17-35(33)37-19-9-11-23-43(37)49)47(31)51(3,4)48-32(2)28-42-40(48)22-14-26-46(42)50-30-34-16-6-8-18-36(34)38-20-10-12-24-44(38)50/h5-26,31-32,47-48H,27-30H2,1-4H3. The van der Waals surface area contributed by atoms with Crippen molar-refractivity contribution < 1.29 is 0 Å². The number of anilines is 4. The predicted octanol–water partition coefficient (Wildman–Crippen LogP) is 12.4. The summed E-state index contributed by atoms with van der Waals surface area (Å²) in [5.74, 6) is 1.25. The number of benzene rings is 6. The van der Waals surface area contributed by atoms with E-state index < -0.39 is 8.07 Å². The summed E-state index contributed by atoms with van der Waals surface area (Å²) < 4.78 is 0. The Balaban J connectivity index is 1.04. The second-order valence-electron chi connectivity index (χ2n) is 16.4. The molecule has 6 aromatic rings. The van der Waals surface area contributed by atoms with Crippen LogP contribution in [0.15, 0.2) is 133 Å². The average molecular weight is 679 g/mol. The lowest BCUT2D eigenvalue weighted by molar-refractivity contribution is 0.543. The van der Waals surface area contributed by atoms with Crippen molar-refractivity contribution >= 4 is 30.8 Å². The quantitative estimate of drug-likeness (QED) is 0.171. The third-order valence-electron chi connectivity index (χ3n) is 13.1. The normalized spacial score (nSPS) is 21.3. The van der Waals surface area contributed by atoms with Crippen molar-refractivity contribution in [1.29, 1.82) is 0 Å². The van der Waals surface area contributed by atoms with E-state index in [9.17, 15) is 0 Å². The van der Waals surface area contributed by atoms with Crippen LogP contribution in [-0.2, 0) is 25.9 Å². The summed E-state index contributed by atoms with van der Waals surface area (Å²) in [6, 6.07) is 50.6. The maximum absolute atomic E-state index is 2.73. The summed E-state index contributed by atoms with van der Waals surface area (Å²) in [5, 5.41) is 0. The Morgan fingerprint density at radius 3 is 1.25 bits per heavy atom. The minimum atomic E-state index is -1.91. The molecule has 2 nitrogen and oxygen atoms in total. The summed E-state index contributed by atoms with van der Waals surface area (Å²) in [6.07, 6.45) is 2.32. The van der Waals surface area contributed by atoms with Crippen molar-refractivity contribution in [3.05, 3.63) is 167 Å². The van der Waals surface area contributed by atoms with Gasteiger partial charge in [-0.1, -0.05) is 136 Å². The van der Waals surface area contributed by atoms with E-state index in [2.05, 4.69) is 170 Å². The maximum Gasteiger partial charge on any atom is 0.0634 e. The summed E-state index contributed by atoms with van der Waals surface area (Å²) in [6.45, 7) is 12.4. The van der Waals surface area contributed by atoms with Gasteiger partial charge in [-0.05, 0) is 105 Å². The molecule has 10 rings (SSSR count). The van der Waals surface area contributed by atoms with Gasteiger partial charge in [-0.25, -0.2) is 0 Å². The Bertz CT molecular complexity index is 2170. The molecular formula is C48H46N2Si. The van der Waals surface area contributed by atoms with E-state index in [-0.39, 0.29) is 0 Å². The molecule has 0 saturated carbocycles. The average Bonchev–Trinajstić information content (AvgIpc) is 3.70. The molecule has 0 aromatic heterocycles. The highest BCUT2D eigenvalue weighted by Gasteiger charge is 2.51. The summed E-state index contributed by atoms with van der Waals surface area (Å²) in [7, 11) is -1.91. The molecule has 0 N–H and O–H groups in total. The van der Waals surface area contributed by atoms with Gasteiger partial charge >= 0.3 is 0 Å². The van der Waals surface area contributed by atoms with Crippen LogP contribution in [0.25, 0.3) is 22.3 Å². The molecule has 0 spiro atoms. The molecule has 252 valence electrons. The van der Waals surface area contributed by atoms with Crippen LogP contribution in [0.3, 0.4) is 0 Å². The van der Waals surface area contributed by atoms with Crippen LogP contribution >= 0.6 is 0 Å². The molecule has 0 saturated heterocycles. The number of fused-ring (bicyclic) bond motifs is 8. The van der Waals surface area contributed by atoms with E-state index >= 15 is 0 Å². The molecule has 4 aliphatic rings. The van der Waals surface area contributed by atoms with Crippen LogP contribution in [0.4, 0.5) is 22.7 Å². The van der Waals surface area contributed by atoms with Gasteiger partial charge in [0, 0.05) is 47.0 Å². The molecule has 0 bridgehead atoms. The van der Waals surface area contributed by atoms with Gasteiger partial charge in [-0.3, -0.25) is 0 Å². The van der Waals surface area contributed by atoms with E-state index in [0.717, 1.165) is 25.9 Å². The Labute approximate surface area is 304 Å². The highest BCUT2D eigenvalue weighted by atomic mass is 28.3. The fraction of sp³-hybridized carbons (Fsp3) is 0.250. The Morgan fingerprint density at radius 1 is 0.431 bits per heavy atom. The van der Waals surface area contributed by atoms with Crippen LogP contribution in [0, 0.1) is 11.8 Å². The lowest BCUT2D eigenvalue weighted by Gasteiger charge is -2.41. The zero-order valence-electron chi connectivity index (χ0n) is 30.2. The Kier molecular flexibility index (Phi) is 7.02. The van der Waals surface area contributed by atoms with Gasteiger partial charge in [0.05, 0.1) is 8.07 Å². The number of rotatable bonds is 4. The van der Waals surface area contributed by atoms with E-state index in [0.29, 0.717) is 22.9 Å². The first-order valence-corrected chi connectivity index (χ1v) is 22.2. The van der Waals surface area contributed by atoms with Crippen molar-refractivity contribution in [2.24, 2.45) is 11.8 Å². The largest absolute Gasteiger partial charge is 0.336 e. The Hall–Kier alpha value is -4.86. The van der Waals surface area contributed by atoms with Gasteiger partial charge in [0.2, 0.25) is 0 Å². The first-order valence-electron chi connectivity index (χ1n) is 19.0. The van der Waals surface area contributed by atoms with E-state index in [1.807, 2.05) is 0 Å². The molecule has 0 amide bonds. The smallest absolute Gasteiger partial charge is 0.0634 e. The zero-order valence-corrected chi connectivity index (χ0v) is 31.2. The van der Waals surface area contributed by atoms with E-state index in [4.69, 9.17) is 0 Å². The third kappa shape index (κ3) is 4.60. The van der Waals surface area contributed by atoms with Gasteiger partial charge in [0.1, 0.15) is 0 Å². The van der Waals surface area contributed by atoms with Crippen molar-refractivity contribution in [1.82, 2.24) is 0 Å². The van der Waals surface area contributed by atoms with E-state index in [1.165, 1.54) is 56.1 Å². The van der Waals surface area contributed by atoms with Crippen molar-refractivity contribution in [3.8, 4) is 22.3 Å². The maximum atomic E-state index is 2.73. The topological polar surface area (TPSA) is 6.48 Å². The van der Waals surface area contributed by atoms with Crippen LogP contribution in [0.5, 0.6) is 0 Å². The molecule has 4 unspecified atom stereocenters. The van der Waals surface area contributed by atoms with Crippen LogP contribution in [-0.4, -0.2) is 8.07 Å². The van der Waals surface area contributed by atoms with Crippen LogP contribution in [0.2, 0.25) is 13.1 Å². The monoisotopic (exact) mass is 678 g/mol. The number of hydrogen-bond donors (Lipinski definition) is 0. The second-order valence-corrected chi connectivity index (χ2v) is 21.2. The molecule has 4 atom stereocenters. The molecule has 3 heteroatoms. The lowest BCUT2D eigenvalue weighted by atomic mass is 9.92. The van der Waals surface area contributed by atoms with Gasteiger partial charge < -0.3 is 9.80 Å². The SMILES string of the molecule is CC1Cc2c(cccc2N2Cc3ccccc3-c3ccccc32)C1[Si](C)(C)C1c2cccc(N3Cc4ccccc4-c4ccccc43)c2CC1C. The summed E-state index contributed by atoms with van der Waals surface area (Å²) in [5.41, 5.74) is 21.5. The lowest BCUT2D eigenvalue weighted by Crippen LogP contribution is -2.45. The van der Waals surface area contributed by atoms with Gasteiger partial charge in [-0.2, -0.15) is 0 Å². The molecule has 6 aromatic carbocycles. The first-order chi connectivity index (χ1) is 24.9. The molecule has 51 heavy (non-hydrogen) atoms. The predicted molar refractivity (Wildman–Crippen MR) is 217 cm³/mol. The molecule has 2 aliphatic heterocycles. The van der Waals surface area contributed by atoms with Crippen molar-refractivity contribution in [3.63, 3.8) is 0 Å². The summed E-state index contributed by atoms with van der Waals surface area (Å²) >= 11 is 0.